The number of nitrogens with zero attached hydrogens (tertiary/aromatic N) is 2. The van der Waals surface area contributed by atoms with Gasteiger partial charge in [-0.2, -0.15) is 0 Å². The van der Waals surface area contributed by atoms with E-state index in [2.05, 4.69) is 21.1 Å². The molecule has 0 aliphatic rings. The van der Waals surface area contributed by atoms with E-state index >= 15 is 0 Å². The molecule has 1 aromatic heterocycles. The van der Waals surface area contributed by atoms with Crippen LogP contribution >= 0.6 is 27.3 Å². The zero-order chi connectivity index (χ0) is 12.1. The Labute approximate surface area is 106 Å². The van der Waals surface area contributed by atoms with Crippen LogP contribution in [0, 0.1) is 0 Å². The molecule has 0 spiro atoms. The molecule has 0 saturated heterocycles. The number of amides is 1. The average molecular weight is 306 g/mol. The smallest absolute Gasteiger partial charge is 0.264 e. The van der Waals surface area contributed by atoms with E-state index < -0.39 is 0 Å². The normalized spacial score (nSPS) is 11.5. The Morgan fingerprint density at radius 1 is 1.75 bits per heavy atom. The molecule has 1 rings (SSSR count). The molecule has 0 fully saturated rings. The molecule has 16 heavy (non-hydrogen) atoms. The van der Waals surface area contributed by atoms with Crippen molar-refractivity contribution in [1.29, 1.82) is 0 Å². The van der Waals surface area contributed by atoms with Crippen LogP contribution in [-0.4, -0.2) is 35.4 Å². The van der Waals surface area contributed by atoms with Crippen LogP contribution in [-0.2, 0) is 0 Å². The number of oxime groups is 1. The molecule has 0 bridgehead atoms. The van der Waals surface area contributed by atoms with Crippen LogP contribution in [0.5, 0.6) is 0 Å². The van der Waals surface area contributed by atoms with Gasteiger partial charge < -0.3 is 15.8 Å². The standard InChI is InChI=1S/C9H12BrN3O2S/c1-13(4-2-7(11)12-15)9(14)8-6(10)3-5-16-8/h3,5,15H,2,4H2,1H3,(H2,11,12). The third-order valence-electron chi connectivity index (χ3n) is 1.99. The molecule has 88 valence electrons. The maximum absolute atomic E-state index is 11.9. The molecule has 0 unspecified atom stereocenters. The number of halogens is 1. The molecule has 0 aromatic carbocycles. The van der Waals surface area contributed by atoms with E-state index in [9.17, 15) is 4.79 Å². The van der Waals surface area contributed by atoms with Gasteiger partial charge in [-0.15, -0.1) is 11.3 Å². The minimum atomic E-state index is -0.0763. The summed E-state index contributed by atoms with van der Waals surface area (Å²) in [7, 11) is 1.68. The van der Waals surface area contributed by atoms with Crippen molar-refractivity contribution in [3.8, 4) is 0 Å². The summed E-state index contributed by atoms with van der Waals surface area (Å²) in [5.74, 6) is 0.0394. The fourth-order valence-electron chi connectivity index (χ4n) is 1.05. The summed E-state index contributed by atoms with van der Waals surface area (Å²) < 4.78 is 0.790. The van der Waals surface area contributed by atoms with Crippen LogP contribution in [0.1, 0.15) is 16.1 Å². The van der Waals surface area contributed by atoms with E-state index in [4.69, 9.17) is 10.9 Å². The van der Waals surface area contributed by atoms with Gasteiger partial charge in [0.15, 0.2) is 0 Å². The highest BCUT2D eigenvalue weighted by Crippen LogP contribution is 2.23. The Bertz CT molecular complexity index is 405. The van der Waals surface area contributed by atoms with Crippen LogP contribution < -0.4 is 5.73 Å². The lowest BCUT2D eigenvalue weighted by atomic mass is 10.3. The maximum Gasteiger partial charge on any atom is 0.264 e. The van der Waals surface area contributed by atoms with Gasteiger partial charge in [-0.05, 0) is 27.4 Å². The molecular weight excluding hydrogens is 294 g/mol. The summed E-state index contributed by atoms with van der Waals surface area (Å²) in [6, 6.07) is 1.83. The molecular formula is C9H12BrN3O2S. The summed E-state index contributed by atoms with van der Waals surface area (Å²) in [4.78, 5) is 14.1. The van der Waals surface area contributed by atoms with Crippen LogP contribution in [0.4, 0.5) is 0 Å². The predicted octanol–water partition coefficient (Wildman–Crippen LogP) is 1.72. The van der Waals surface area contributed by atoms with Crippen LogP contribution in [0.25, 0.3) is 0 Å². The van der Waals surface area contributed by atoms with Gasteiger partial charge in [-0.1, -0.05) is 5.16 Å². The molecule has 0 saturated carbocycles. The molecule has 3 N–H and O–H groups in total. The lowest BCUT2D eigenvalue weighted by molar-refractivity contribution is 0.0802. The van der Waals surface area contributed by atoms with E-state index in [-0.39, 0.29) is 11.7 Å². The van der Waals surface area contributed by atoms with Crippen molar-refractivity contribution in [3.05, 3.63) is 20.8 Å². The molecule has 5 nitrogen and oxygen atoms in total. The van der Waals surface area contributed by atoms with Crippen molar-refractivity contribution in [2.24, 2.45) is 10.9 Å². The molecule has 0 atom stereocenters. The first-order valence-electron chi connectivity index (χ1n) is 4.51. The molecule has 1 heterocycles. The number of amidine groups is 1. The minimum Gasteiger partial charge on any atom is -0.409 e. The summed E-state index contributed by atoms with van der Waals surface area (Å²) in [6.45, 7) is 0.416. The molecule has 1 aromatic rings. The highest BCUT2D eigenvalue weighted by molar-refractivity contribution is 9.10. The summed E-state index contributed by atoms with van der Waals surface area (Å²) in [6.07, 6.45) is 0.349. The second-order valence-electron chi connectivity index (χ2n) is 3.17. The SMILES string of the molecule is CN(CCC(N)=NO)C(=O)c1sccc1Br. The number of nitrogens with two attached hydrogens (primary N) is 1. The molecule has 1 amide bonds. The second-order valence-corrected chi connectivity index (χ2v) is 4.94. The van der Waals surface area contributed by atoms with Gasteiger partial charge in [-0.25, -0.2) is 0 Å². The van der Waals surface area contributed by atoms with Crippen LogP contribution in [0.2, 0.25) is 0 Å². The average Bonchev–Trinajstić information content (AvgIpc) is 2.70. The van der Waals surface area contributed by atoms with Gasteiger partial charge in [0.1, 0.15) is 10.7 Å². The number of rotatable bonds is 4. The van der Waals surface area contributed by atoms with Crippen molar-refractivity contribution < 1.29 is 10.0 Å². The molecule has 0 aliphatic carbocycles. The zero-order valence-corrected chi connectivity index (χ0v) is 11.1. The number of thiophene rings is 1. The van der Waals surface area contributed by atoms with Gasteiger partial charge in [0, 0.05) is 24.5 Å². The molecule has 0 radical (unpaired) electrons. The molecule has 7 heteroatoms. The molecule has 0 aliphatic heterocycles. The Balaban J connectivity index is 2.58. The second kappa shape index (κ2) is 5.86. The van der Waals surface area contributed by atoms with Gasteiger partial charge >= 0.3 is 0 Å². The first-order valence-corrected chi connectivity index (χ1v) is 6.18. The van der Waals surface area contributed by atoms with Gasteiger partial charge in [-0.3, -0.25) is 4.79 Å². The Morgan fingerprint density at radius 3 is 2.94 bits per heavy atom. The van der Waals surface area contributed by atoms with Crippen LogP contribution in [0.15, 0.2) is 21.1 Å². The number of carbonyl (C=O) groups is 1. The van der Waals surface area contributed by atoms with Gasteiger partial charge in [0.2, 0.25) is 0 Å². The van der Waals surface area contributed by atoms with E-state index in [0.717, 1.165) is 4.47 Å². The van der Waals surface area contributed by atoms with Crippen molar-refractivity contribution >= 4 is 39.0 Å². The van der Waals surface area contributed by atoms with Crippen molar-refractivity contribution in [1.82, 2.24) is 4.90 Å². The van der Waals surface area contributed by atoms with E-state index in [1.165, 1.54) is 16.2 Å². The van der Waals surface area contributed by atoms with Gasteiger partial charge in [0.25, 0.3) is 5.91 Å². The van der Waals surface area contributed by atoms with E-state index in [0.29, 0.717) is 17.8 Å². The third kappa shape index (κ3) is 3.21. The highest BCUT2D eigenvalue weighted by Gasteiger charge is 2.16. The largest absolute Gasteiger partial charge is 0.409 e. The Kier molecular flexibility index (Phi) is 4.75. The van der Waals surface area contributed by atoms with E-state index in [1.807, 2.05) is 11.4 Å². The first kappa shape index (κ1) is 13.0. The monoisotopic (exact) mass is 305 g/mol. The fraction of sp³-hybridized carbons (Fsp3) is 0.333. The highest BCUT2D eigenvalue weighted by atomic mass is 79.9. The van der Waals surface area contributed by atoms with Gasteiger partial charge in [0.05, 0.1) is 0 Å². The quantitative estimate of drug-likeness (QED) is 0.385. The van der Waals surface area contributed by atoms with Crippen molar-refractivity contribution in [2.75, 3.05) is 13.6 Å². The summed E-state index contributed by atoms with van der Waals surface area (Å²) in [5.41, 5.74) is 5.33. The number of hydrogen-bond acceptors (Lipinski definition) is 4. The number of carbonyl (C=O) groups excluding carboxylic acids is 1. The van der Waals surface area contributed by atoms with Crippen molar-refractivity contribution in [3.63, 3.8) is 0 Å². The summed E-state index contributed by atoms with van der Waals surface area (Å²) >= 11 is 4.68. The number of hydrogen-bond donors (Lipinski definition) is 2. The third-order valence-corrected chi connectivity index (χ3v) is 3.82. The maximum atomic E-state index is 11.9. The minimum absolute atomic E-state index is 0.0763. The zero-order valence-electron chi connectivity index (χ0n) is 8.68. The summed E-state index contributed by atoms with van der Waals surface area (Å²) in [5, 5.41) is 13.1. The lowest BCUT2D eigenvalue weighted by Gasteiger charge is -2.15. The predicted molar refractivity (Wildman–Crippen MR) is 67.0 cm³/mol. The van der Waals surface area contributed by atoms with E-state index in [1.54, 1.807) is 7.05 Å². The Morgan fingerprint density at radius 2 is 2.44 bits per heavy atom. The lowest BCUT2D eigenvalue weighted by Crippen LogP contribution is -2.30. The first-order chi connectivity index (χ1) is 7.56. The van der Waals surface area contributed by atoms with Crippen LogP contribution in [0.3, 0.4) is 0 Å². The Hall–Kier alpha value is -1.08. The topological polar surface area (TPSA) is 78.9 Å². The fourth-order valence-corrected chi connectivity index (χ4v) is 2.59. The van der Waals surface area contributed by atoms with Crippen molar-refractivity contribution in [2.45, 2.75) is 6.42 Å².